The number of thiophene rings is 1. The van der Waals surface area contributed by atoms with Gasteiger partial charge in [-0.2, -0.15) is 0 Å². The topological polar surface area (TPSA) is 16.4 Å². The van der Waals surface area contributed by atoms with Gasteiger partial charge in [-0.1, -0.05) is 105 Å². The Bertz CT molecular complexity index is 2690. The molecule has 0 aliphatic heterocycles. The number of anilines is 3. The van der Waals surface area contributed by atoms with Crippen LogP contribution in [0.15, 0.2) is 144 Å². The standard InChI is InChI=1S/C43H29NOS/c1-43(2)34-16-7-5-14-31(34)41-35(43)17-10-18-36(41)44(28-21-22-39-32(25-28)29-13-6-8-20-38(29)45-39)37-19-9-15-30-33-23-26-11-3-4-12-27(26)24-40(33)46-42(30)37/h3-25H,1-2H3. The Kier molecular flexibility index (Phi) is 5.25. The van der Waals surface area contributed by atoms with Crippen LogP contribution in [0.25, 0.3) is 64.0 Å². The van der Waals surface area contributed by atoms with Crippen molar-refractivity contribution in [3.63, 3.8) is 0 Å². The highest BCUT2D eigenvalue weighted by Gasteiger charge is 2.38. The van der Waals surface area contributed by atoms with E-state index >= 15 is 0 Å². The number of rotatable bonds is 3. The maximum absolute atomic E-state index is 6.28. The molecule has 0 radical (unpaired) electrons. The fourth-order valence-electron chi connectivity index (χ4n) is 7.83. The smallest absolute Gasteiger partial charge is 0.135 e. The Morgan fingerprint density at radius 1 is 0.543 bits per heavy atom. The zero-order chi connectivity index (χ0) is 30.6. The first-order valence-electron chi connectivity index (χ1n) is 15.9. The van der Waals surface area contributed by atoms with Crippen molar-refractivity contribution in [1.82, 2.24) is 0 Å². The lowest BCUT2D eigenvalue weighted by molar-refractivity contribution is 0.660. The molecule has 2 aromatic heterocycles. The van der Waals surface area contributed by atoms with E-state index in [2.05, 4.69) is 152 Å². The SMILES string of the molecule is CC1(C)c2ccccc2-c2c(N(c3ccc4oc5ccccc5c4c3)c3cccc4c3sc3cc5ccccc5cc34)cccc21. The zero-order valence-electron chi connectivity index (χ0n) is 25.5. The Morgan fingerprint density at radius 3 is 2.15 bits per heavy atom. The summed E-state index contributed by atoms with van der Waals surface area (Å²) in [6, 6.07) is 51.0. The average molecular weight is 608 g/mol. The highest BCUT2D eigenvalue weighted by atomic mass is 32.1. The Labute approximate surface area is 270 Å². The van der Waals surface area contributed by atoms with Crippen LogP contribution in [0, 0.1) is 0 Å². The van der Waals surface area contributed by atoms with Gasteiger partial charge < -0.3 is 9.32 Å². The molecule has 0 spiro atoms. The minimum Gasteiger partial charge on any atom is -0.456 e. The van der Waals surface area contributed by atoms with Gasteiger partial charge in [0.15, 0.2) is 0 Å². The quantitative estimate of drug-likeness (QED) is 0.199. The third-order valence-corrected chi connectivity index (χ3v) is 11.2. The molecule has 0 saturated carbocycles. The van der Waals surface area contributed by atoms with E-state index in [0.29, 0.717) is 0 Å². The van der Waals surface area contributed by atoms with Crippen molar-refractivity contribution in [1.29, 1.82) is 0 Å². The van der Waals surface area contributed by atoms with Gasteiger partial charge in [0, 0.05) is 42.9 Å². The first-order valence-corrected chi connectivity index (χ1v) is 16.7. The summed E-state index contributed by atoms with van der Waals surface area (Å²) < 4.78 is 8.87. The van der Waals surface area contributed by atoms with Gasteiger partial charge >= 0.3 is 0 Å². The first kappa shape index (κ1) is 25.9. The van der Waals surface area contributed by atoms with Crippen LogP contribution in [0.5, 0.6) is 0 Å². The van der Waals surface area contributed by atoms with Crippen LogP contribution in [0.3, 0.4) is 0 Å². The predicted octanol–water partition coefficient (Wildman–Crippen LogP) is 12.9. The number of nitrogens with zero attached hydrogens (tertiary/aromatic N) is 1. The summed E-state index contributed by atoms with van der Waals surface area (Å²) in [6.45, 7) is 4.71. The van der Waals surface area contributed by atoms with Crippen molar-refractivity contribution in [2.24, 2.45) is 0 Å². The molecular formula is C43H29NOS. The molecule has 1 aliphatic rings. The lowest BCUT2D eigenvalue weighted by Gasteiger charge is -2.29. The van der Waals surface area contributed by atoms with Crippen LogP contribution in [0.4, 0.5) is 17.1 Å². The lowest BCUT2D eigenvalue weighted by Crippen LogP contribution is -2.16. The van der Waals surface area contributed by atoms with Crippen LogP contribution in [-0.2, 0) is 5.41 Å². The summed E-state index contributed by atoms with van der Waals surface area (Å²) in [5, 5.41) is 7.40. The highest BCUT2D eigenvalue weighted by molar-refractivity contribution is 7.26. The van der Waals surface area contributed by atoms with Crippen molar-refractivity contribution in [3.8, 4) is 11.1 Å². The maximum Gasteiger partial charge on any atom is 0.135 e. The number of para-hydroxylation sites is 1. The Balaban J connectivity index is 1.31. The first-order chi connectivity index (χ1) is 22.6. The number of fused-ring (bicyclic) bond motifs is 10. The molecule has 0 N–H and O–H groups in total. The van der Waals surface area contributed by atoms with E-state index in [-0.39, 0.29) is 5.41 Å². The van der Waals surface area contributed by atoms with E-state index in [0.717, 1.165) is 27.6 Å². The van der Waals surface area contributed by atoms with Crippen LogP contribution in [0.1, 0.15) is 25.0 Å². The van der Waals surface area contributed by atoms with E-state index in [1.54, 1.807) is 0 Å². The van der Waals surface area contributed by atoms with Gasteiger partial charge in [0.05, 0.1) is 16.1 Å². The molecule has 7 aromatic carbocycles. The summed E-state index contributed by atoms with van der Waals surface area (Å²) in [4.78, 5) is 2.50. The van der Waals surface area contributed by atoms with Crippen LogP contribution in [-0.4, -0.2) is 0 Å². The summed E-state index contributed by atoms with van der Waals surface area (Å²) in [7, 11) is 0. The van der Waals surface area contributed by atoms with Crippen LogP contribution < -0.4 is 4.90 Å². The molecule has 2 heterocycles. The lowest BCUT2D eigenvalue weighted by atomic mass is 9.82. The fraction of sp³-hybridized carbons (Fsp3) is 0.0698. The largest absolute Gasteiger partial charge is 0.456 e. The van der Waals surface area contributed by atoms with Crippen molar-refractivity contribution in [3.05, 3.63) is 151 Å². The monoisotopic (exact) mass is 607 g/mol. The molecule has 10 rings (SSSR count). The molecular weight excluding hydrogens is 579 g/mol. The number of hydrogen-bond acceptors (Lipinski definition) is 3. The van der Waals surface area contributed by atoms with Crippen LogP contribution >= 0.6 is 11.3 Å². The predicted molar refractivity (Wildman–Crippen MR) is 196 cm³/mol. The second kappa shape index (κ2) is 9.32. The molecule has 0 unspecified atom stereocenters. The van der Waals surface area contributed by atoms with Gasteiger partial charge in [0.1, 0.15) is 11.2 Å². The fourth-order valence-corrected chi connectivity index (χ4v) is 9.06. The van der Waals surface area contributed by atoms with Crippen molar-refractivity contribution < 1.29 is 4.42 Å². The zero-order valence-corrected chi connectivity index (χ0v) is 26.4. The summed E-state index contributed by atoms with van der Waals surface area (Å²) in [5.74, 6) is 0. The molecule has 0 atom stereocenters. The third kappa shape index (κ3) is 3.52. The van der Waals surface area contributed by atoms with E-state index in [1.807, 2.05) is 17.4 Å². The molecule has 46 heavy (non-hydrogen) atoms. The van der Waals surface area contributed by atoms with Gasteiger partial charge in [0.25, 0.3) is 0 Å². The molecule has 1 aliphatic carbocycles. The van der Waals surface area contributed by atoms with E-state index in [9.17, 15) is 0 Å². The summed E-state index contributed by atoms with van der Waals surface area (Å²) >= 11 is 1.89. The van der Waals surface area contributed by atoms with Crippen molar-refractivity contribution in [2.75, 3.05) is 4.90 Å². The second-order valence-corrected chi connectivity index (χ2v) is 14.0. The Morgan fingerprint density at radius 2 is 1.24 bits per heavy atom. The number of benzene rings is 7. The van der Waals surface area contributed by atoms with E-state index in [4.69, 9.17) is 4.42 Å². The molecule has 3 heteroatoms. The van der Waals surface area contributed by atoms with Crippen LogP contribution in [0.2, 0.25) is 0 Å². The van der Waals surface area contributed by atoms with Gasteiger partial charge in [-0.25, -0.2) is 0 Å². The summed E-state index contributed by atoms with van der Waals surface area (Å²) in [5.41, 5.74) is 10.6. The summed E-state index contributed by atoms with van der Waals surface area (Å²) in [6.07, 6.45) is 0. The molecule has 0 bridgehead atoms. The second-order valence-electron chi connectivity index (χ2n) is 12.9. The third-order valence-electron chi connectivity index (χ3n) is 10.0. The molecule has 0 saturated heterocycles. The highest BCUT2D eigenvalue weighted by Crippen LogP contribution is 2.55. The van der Waals surface area contributed by atoms with E-state index in [1.165, 1.54) is 64.6 Å². The van der Waals surface area contributed by atoms with Gasteiger partial charge in [-0.05, 0) is 76.0 Å². The molecule has 0 amide bonds. The number of hydrogen-bond donors (Lipinski definition) is 0. The molecule has 9 aromatic rings. The van der Waals surface area contributed by atoms with Crippen molar-refractivity contribution >= 4 is 81.3 Å². The van der Waals surface area contributed by atoms with Gasteiger partial charge in [0.2, 0.25) is 0 Å². The number of furan rings is 1. The Hall–Kier alpha value is -5.38. The van der Waals surface area contributed by atoms with Gasteiger partial charge in [-0.15, -0.1) is 11.3 Å². The average Bonchev–Trinajstić information content (AvgIpc) is 3.72. The van der Waals surface area contributed by atoms with E-state index < -0.39 is 0 Å². The minimum absolute atomic E-state index is 0.0952. The minimum atomic E-state index is -0.0952. The maximum atomic E-state index is 6.28. The normalized spacial score (nSPS) is 13.6. The van der Waals surface area contributed by atoms with Crippen molar-refractivity contribution in [2.45, 2.75) is 19.3 Å². The molecule has 218 valence electrons. The molecule has 0 fully saturated rings. The van der Waals surface area contributed by atoms with Gasteiger partial charge in [-0.3, -0.25) is 0 Å². The molecule has 2 nitrogen and oxygen atoms in total.